The molecule has 0 bridgehead atoms. The fraction of sp³-hybridized carbons (Fsp3) is 0.444. The minimum absolute atomic E-state index is 0.281. The van der Waals surface area contributed by atoms with E-state index in [0.717, 1.165) is 43.3 Å². The van der Waals surface area contributed by atoms with Gasteiger partial charge in [0.15, 0.2) is 0 Å². The summed E-state index contributed by atoms with van der Waals surface area (Å²) in [5, 5.41) is 3.04. The highest BCUT2D eigenvalue weighted by Gasteiger charge is 2.25. The maximum absolute atomic E-state index is 13.2. The van der Waals surface area contributed by atoms with E-state index in [-0.39, 0.29) is 6.54 Å². The molecule has 128 valence electrons. The molecule has 6 heteroatoms. The van der Waals surface area contributed by atoms with Crippen LogP contribution in [0.5, 0.6) is 0 Å². The summed E-state index contributed by atoms with van der Waals surface area (Å²) in [5.74, 6) is -0.671. The van der Waals surface area contributed by atoms with E-state index in [1.165, 1.54) is 12.1 Å². The molecule has 0 saturated carbocycles. The third kappa shape index (κ3) is 3.70. The summed E-state index contributed by atoms with van der Waals surface area (Å²) in [5.41, 5.74) is 2.71. The summed E-state index contributed by atoms with van der Waals surface area (Å²) >= 11 is 0. The van der Waals surface area contributed by atoms with Crippen molar-refractivity contribution in [1.29, 1.82) is 0 Å². The van der Waals surface area contributed by atoms with Crippen LogP contribution >= 0.6 is 0 Å². The summed E-state index contributed by atoms with van der Waals surface area (Å²) < 4.78 is 26.4. The van der Waals surface area contributed by atoms with Crippen LogP contribution in [0.3, 0.4) is 0 Å². The van der Waals surface area contributed by atoms with E-state index in [1.807, 2.05) is 6.20 Å². The van der Waals surface area contributed by atoms with Gasteiger partial charge >= 0.3 is 0 Å². The SMILES string of the molecule is CCC(CC)N1Cc2cnc(NCc3cc(F)cc(F)c3)nc2C1. The molecule has 1 aromatic heterocycles. The van der Waals surface area contributed by atoms with Gasteiger partial charge in [-0.1, -0.05) is 13.8 Å². The molecule has 0 spiro atoms. The second kappa shape index (κ2) is 7.21. The van der Waals surface area contributed by atoms with Crippen molar-refractivity contribution < 1.29 is 8.78 Å². The van der Waals surface area contributed by atoms with Gasteiger partial charge in [-0.15, -0.1) is 0 Å². The lowest BCUT2D eigenvalue weighted by Gasteiger charge is -2.24. The van der Waals surface area contributed by atoms with Crippen LogP contribution in [0.4, 0.5) is 14.7 Å². The first-order chi connectivity index (χ1) is 11.6. The molecule has 2 heterocycles. The lowest BCUT2D eigenvalue weighted by molar-refractivity contribution is 0.187. The van der Waals surface area contributed by atoms with Crippen molar-refractivity contribution >= 4 is 5.95 Å². The minimum Gasteiger partial charge on any atom is -0.350 e. The van der Waals surface area contributed by atoms with Gasteiger partial charge in [-0.05, 0) is 30.5 Å². The normalized spacial score (nSPS) is 14.2. The van der Waals surface area contributed by atoms with Crippen LogP contribution < -0.4 is 5.32 Å². The number of halogens is 2. The standard InChI is InChI=1S/C18H22F2N4/c1-3-16(4-2)24-10-13-9-22-18(23-17(13)11-24)21-8-12-5-14(19)7-15(20)6-12/h5-7,9,16H,3-4,8,10-11H2,1-2H3,(H,21,22,23). The lowest BCUT2D eigenvalue weighted by Crippen LogP contribution is -2.29. The molecule has 24 heavy (non-hydrogen) atoms. The Labute approximate surface area is 140 Å². The summed E-state index contributed by atoms with van der Waals surface area (Å²) in [4.78, 5) is 11.3. The predicted molar refractivity (Wildman–Crippen MR) is 89.3 cm³/mol. The van der Waals surface area contributed by atoms with Crippen molar-refractivity contribution in [3.63, 3.8) is 0 Å². The Balaban J connectivity index is 1.66. The summed E-state index contributed by atoms with van der Waals surface area (Å²) in [6.07, 6.45) is 4.08. The number of hydrogen-bond acceptors (Lipinski definition) is 4. The fourth-order valence-corrected chi connectivity index (χ4v) is 3.22. The Kier molecular flexibility index (Phi) is 5.04. The first kappa shape index (κ1) is 16.8. The molecular weight excluding hydrogens is 310 g/mol. The van der Waals surface area contributed by atoms with Gasteiger partial charge in [0.1, 0.15) is 11.6 Å². The quantitative estimate of drug-likeness (QED) is 0.872. The monoisotopic (exact) mass is 332 g/mol. The Morgan fingerprint density at radius 2 is 1.83 bits per heavy atom. The molecule has 1 N–H and O–H groups in total. The first-order valence-corrected chi connectivity index (χ1v) is 8.36. The van der Waals surface area contributed by atoms with Crippen molar-refractivity contribution in [1.82, 2.24) is 14.9 Å². The molecular formula is C18H22F2N4. The molecule has 3 rings (SSSR count). The average Bonchev–Trinajstić information content (AvgIpc) is 2.96. The highest BCUT2D eigenvalue weighted by molar-refractivity contribution is 5.33. The Hall–Kier alpha value is -2.08. The molecule has 1 aliphatic rings. The molecule has 0 saturated heterocycles. The lowest BCUT2D eigenvalue weighted by atomic mass is 10.1. The molecule has 0 fully saturated rings. The van der Waals surface area contributed by atoms with E-state index in [2.05, 4.69) is 34.0 Å². The molecule has 1 aromatic carbocycles. The first-order valence-electron chi connectivity index (χ1n) is 8.36. The van der Waals surface area contributed by atoms with Crippen molar-refractivity contribution in [2.24, 2.45) is 0 Å². The molecule has 0 amide bonds. The van der Waals surface area contributed by atoms with E-state index in [0.29, 0.717) is 17.6 Å². The second-order valence-electron chi connectivity index (χ2n) is 6.17. The van der Waals surface area contributed by atoms with Crippen LogP contribution in [0.2, 0.25) is 0 Å². The van der Waals surface area contributed by atoms with E-state index in [1.54, 1.807) is 0 Å². The van der Waals surface area contributed by atoms with Crippen LogP contribution in [0.1, 0.15) is 43.5 Å². The van der Waals surface area contributed by atoms with Crippen molar-refractivity contribution in [2.75, 3.05) is 5.32 Å². The number of benzene rings is 1. The van der Waals surface area contributed by atoms with Crippen LogP contribution in [-0.4, -0.2) is 20.9 Å². The molecule has 1 aliphatic heterocycles. The van der Waals surface area contributed by atoms with Gasteiger partial charge < -0.3 is 5.32 Å². The smallest absolute Gasteiger partial charge is 0.223 e. The maximum atomic E-state index is 13.2. The van der Waals surface area contributed by atoms with Gasteiger partial charge in [0, 0.05) is 43.5 Å². The molecule has 2 aromatic rings. The maximum Gasteiger partial charge on any atom is 0.223 e. The zero-order valence-electron chi connectivity index (χ0n) is 14.0. The van der Waals surface area contributed by atoms with Crippen molar-refractivity contribution in [2.45, 2.75) is 52.4 Å². The van der Waals surface area contributed by atoms with E-state index >= 15 is 0 Å². The van der Waals surface area contributed by atoms with Crippen LogP contribution in [-0.2, 0) is 19.6 Å². The third-order valence-electron chi connectivity index (χ3n) is 4.51. The van der Waals surface area contributed by atoms with Crippen molar-refractivity contribution in [3.05, 3.63) is 52.9 Å². The molecule has 0 radical (unpaired) electrons. The summed E-state index contributed by atoms with van der Waals surface area (Å²) in [6, 6.07) is 4.03. The van der Waals surface area contributed by atoms with Gasteiger partial charge in [-0.25, -0.2) is 18.7 Å². The number of anilines is 1. The average molecular weight is 332 g/mol. The zero-order valence-corrected chi connectivity index (χ0v) is 14.0. The topological polar surface area (TPSA) is 41.1 Å². The van der Waals surface area contributed by atoms with Crippen LogP contribution in [0, 0.1) is 11.6 Å². The van der Waals surface area contributed by atoms with Gasteiger partial charge in [0.25, 0.3) is 0 Å². The molecule has 0 atom stereocenters. The number of aromatic nitrogens is 2. The number of rotatable bonds is 6. The molecule has 4 nitrogen and oxygen atoms in total. The number of nitrogens with zero attached hydrogens (tertiary/aromatic N) is 3. The van der Waals surface area contributed by atoms with Crippen molar-refractivity contribution in [3.8, 4) is 0 Å². The highest BCUT2D eigenvalue weighted by Crippen LogP contribution is 2.25. The zero-order chi connectivity index (χ0) is 17.1. The van der Waals surface area contributed by atoms with E-state index < -0.39 is 11.6 Å². The number of fused-ring (bicyclic) bond motifs is 1. The van der Waals surface area contributed by atoms with Gasteiger partial charge in [0.2, 0.25) is 5.95 Å². The summed E-state index contributed by atoms with van der Waals surface area (Å²) in [7, 11) is 0. The Morgan fingerprint density at radius 3 is 2.50 bits per heavy atom. The Bertz CT molecular complexity index is 696. The highest BCUT2D eigenvalue weighted by atomic mass is 19.1. The predicted octanol–water partition coefficient (Wildman–Crippen LogP) is 3.87. The number of hydrogen-bond donors (Lipinski definition) is 1. The molecule has 0 aliphatic carbocycles. The van der Waals surface area contributed by atoms with Gasteiger partial charge in [0.05, 0.1) is 5.69 Å². The Morgan fingerprint density at radius 1 is 1.12 bits per heavy atom. The number of nitrogens with one attached hydrogen (secondary N) is 1. The minimum atomic E-state index is -0.581. The van der Waals surface area contributed by atoms with Crippen LogP contribution in [0.25, 0.3) is 0 Å². The largest absolute Gasteiger partial charge is 0.350 e. The van der Waals surface area contributed by atoms with E-state index in [9.17, 15) is 8.78 Å². The fourth-order valence-electron chi connectivity index (χ4n) is 3.22. The summed E-state index contributed by atoms with van der Waals surface area (Å²) in [6.45, 7) is 6.40. The third-order valence-corrected chi connectivity index (χ3v) is 4.51. The van der Waals surface area contributed by atoms with Gasteiger partial charge in [-0.3, -0.25) is 4.90 Å². The van der Waals surface area contributed by atoms with E-state index in [4.69, 9.17) is 0 Å². The van der Waals surface area contributed by atoms with Gasteiger partial charge in [-0.2, -0.15) is 0 Å². The molecule has 0 unspecified atom stereocenters. The second-order valence-corrected chi connectivity index (χ2v) is 6.17. The van der Waals surface area contributed by atoms with Crippen LogP contribution in [0.15, 0.2) is 24.4 Å².